The van der Waals surface area contributed by atoms with E-state index in [1.807, 2.05) is 0 Å². The molecular weight excluding hydrogens is 340 g/mol. The molecule has 140 valence electrons. The van der Waals surface area contributed by atoms with E-state index in [1.165, 1.54) is 6.92 Å². The molecule has 7 nitrogen and oxygen atoms in total. The van der Waals surface area contributed by atoms with Crippen LogP contribution in [-0.2, 0) is 28.6 Å². The van der Waals surface area contributed by atoms with Crippen molar-refractivity contribution in [2.75, 3.05) is 6.61 Å². The van der Waals surface area contributed by atoms with Crippen LogP contribution in [0.15, 0.2) is 36.5 Å². The fraction of sp³-hybridized carbons (Fsp3) is 0.526. The summed E-state index contributed by atoms with van der Waals surface area (Å²) in [6.45, 7) is 14.7. The second-order valence-corrected chi connectivity index (χ2v) is 7.37. The van der Waals surface area contributed by atoms with Crippen LogP contribution < -0.4 is 0 Å². The number of aliphatic hydroxyl groups excluding tert-OH is 1. The van der Waals surface area contributed by atoms with Gasteiger partial charge in [0.15, 0.2) is 0 Å². The summed E-state index contributed by atoms with van der Waals surface area (Å²) in [4.78, 5) is 35.9. The van der Waals surface area contributed by atoms with E-state index in [0.717, 1.165) is 0 Å². The number of carbonyl (C=O) groups is 3. The SMILES string of the molecule is C=C(C)C(=O)OC1C2C(=C)C(=O)OC2C(O)C(C)(C2CO2)C1C(=C)C=O. The van der Waals surface area contributed by atoms with Crippen LogP contribution in [0, 0.1) is 17.3 Å². The summed E-state index contributed by atoms with van der Waals surface area (Å²) in [5, 5.41) is 11.0. The number of rotatable bonds is 5. The molecule has 7 heteroatoms. The highest BCUT2D eigenvalue weighted by Crippen LogP contribution is 2.56. The summed E-state index contributed by atoms with van der Waals surface area (Å²) in [6, 6.07) is 0. The summed E-state index contributed by atoms with van der Waals surface area (Å²) in [5.74, 6) is -2.88. The molecule has 2 saturated heterocycles. The summed E-state index contributed by atoms with van der Waals surface area (Å²) in [7, 11) is 0. The van der Waals surface area contributed by atoms with Gasteiger partial charge in [0, 0.05) is 22.5 Å². The Labute approximate surface area is 151 Å². The van der Waals surface area contributed by atoms with Gasteiger partial charge in [0.25, 0.3) is 0 Å². The zero-order valence-electron chi connectivity index (χ0n) is 14.8. The molecule has 1 aliphatic carbocycles. The third-order valence-electron chi connectivity index (χ3n) is 5.73. The quantitative estimate of drug-likeness (QED) is 0.333. The highest BCUT2D eigenvalue weighted by atomic mass is 16.6. The molecule has 7 atom stereocenters. The number of hydrogen-bond donors (Lipinski definition) is 1. The van der Waals surface area contributed by atoms with E-state index in [-0.39, 0.29) is 22.8 Å². The van der Waals surface area contributed by atoms with Gasteiger partial charge in [0.1, 0.15) is 24.6 Å². The average Bonchev–Trinajstić information content (AvgIpc) is 3.39. The Balaban J connectivity index is 2.13. The van der Waals surface area contributed by atoms with E-state index < -0.39 is 47.5 Å². The number of esters is 2. The molecule has 0 bridgehead atoms. The highest BCUT2D eigenvalue weighted by Gasteiger charge is 2.68. The predicted octanol–water partition coefficient (Wildman–Crippen LogP) is 0.723. The van der Waals surface area contributed by atoms with Gasteiger partial charge in [-0.15, -0.1) is 0 Å². The summed E-state index contributed by atoms with van der Waals surface area (Å²) in [5.41, 5.74) is -0.615. The second-order valence-electron chi connectivity index (χ2n) is 7.37. The minimum Gasteiger partial charge on any atom is -0.458 e. The van der Waals surface area contributed by atoms with Gasteiger partial charge in [0.05, 0.1) is 18.6 Å². The molecule has 3 fully saturated rings. The molecule has 0 spiro atoms. The van der Waals surface area contributed by atoms with Gasteiger partial charge in [-0.2, -0.15) is 0 Å². The monoisotopic (exact) mass is 362 g/mol. The van der Waals surface area contributed by atoms with Crippen LogP contribution in [0.4, 0.5) is 0 Å². The smallest absolute Gasteiger partial charge is 0.334 e. The fourth-order valence-electron chi connectivity index (χ4n) is 4.20. The lowest BCUT2D eigenvalue weighted by Gasteiger charge is -2.51. The number of ether oxygens (including phenoxy) is 3. The summed E-state index contributed by atoms with van der Waals surface area (Å²) >= 11 is 0. The molecule has 7 unspecified atom stereocenters. The molecule has 0 aromatic rings. The number of aliphatic hydroxyl groups is 1. The predicted molar refractivity (Wildman–Crippen MR) is 89.8 cm³/mol. The molecule has 26 heavy (non-hydrogen) atoms. The number of hydrogen-bond acceptors (Lipinski definition) is 7. The second kappa shape index (κ2) is 6.17. The number of fused-ring (bicyclic) bond motifs is 1. The van der Waals surface area contributed by atoms with Crippen molar-refractivity contribution in [2.45, 2.75) is 38.3 Å². The molecule has 1 N–H and O–H groups in total. The Morgan fingerprint density at radius 2 is 2.04 bits per heavy atom. The van der Waals surface area contributed by atoms with Crippen molar-refractivity contribution in [3.63, 3.8) is 0 Å². The molecule has 3 aliphatic rings. The van der Waals surface area contributed by atoms with Crippen LogP contribution >= 0.6 is 0 Å². The lowest BCUT2D eigenvalue weighted by atomic mass is 9.56. The molecule has 3 rings (SSSR count). The molecule has 2 aliphatic heterocycles. The summed E-state index contributed by atoms with van der Waals surface area (Å²) < 4.78 is 16.4. The first-order chi connectivity index (χ1) is 12.1. The van der Waals surface area contributed by atoms with Gasteiger partial charge in [0.2, 0.25) is 0 Å². The van der Waals surface area contributed by atoms with Crippen molar-refractivity contribution >= 4 is 18.2 Å². The van der Waals surface area contributed by atoms with Gasteiger partial charge in [-0.3, -0.25) is 4.79 Å². The van der Waals surface area contributed by atoms with Gasteiger partial charge in [-0.25, -0.2) is 9.59 Å². The highest BCUT2D eigenvalue weighted by molar-refractivity contribution is 5.92. The van der Waals surface area contributed by atoms with Crippen molar-refractivity contribution in [3.05, 3.63) is 36.5 Å². The van der Waals surface area contributed by atoms with Crippen molar-refractivity contribution in [1.29, 1.82) is 0 Å². The first-order valence-corrected chi connectivity index (χ1v) is 8.34. The Morgan fingerprint density at radius 1 is 1.42 bits per heavy atom. The Hall–Kier alpha value is -2.25. The number of carbonyl (C=O) groups excluding carboxylic acids is 3. The van der Waals surface area contributed by atoms with Crippen LogP contribution in [-0.4, -0.2) is 54.4 Å². The van der Waals surface area contributed by atoms with E-state index in [4.69, 9.17) is 14.2 Å². The summed E-state index contributed by atoms with van der Waals surface area (Å²) in [6.07, 6.45) is -2.84. The number of aldehydes is 1. The van der Waals surface area contributed by atoms with Crippen molar-refractivity contribution in [1.82, 2.24) is 0 Å². The van der Waals surface area contributed by atoms with Gasteiger partial charge < -0.3 is 19.3 Å². The van der Waals surface area contributed by atoms with E-state index in [2.05, 4.69) is 19.7 Å². The van der Waals surface area contributed by atoms with Crippen LogP contribution in [0.2, 0.25) is 0 Å². The van der Waals surface area contributed by atoms with Crippen LogP contribution in [0.5, 0.6) is 0 Å². The van der Waals surface area contributed by atoms with Crippen molar-refractivity contribution < 1.29 is 33.7 Å². The first kappa shape index (κ1) is 18.5. The molecule has 1 saturated carbocycles. The van der Waals surface area contributed by atoms with Gasteiger partial charge >= 0.3 is 11.9 Å². The topological polar surface area (TPSA) is 102 Å². The lowest BCUT2D eigenvalue weighted by molar-refractivity contribution is -0.195. The Kier molecular flexibility index (Phi) is 4.40. The minimum atomic E-state index is -1.13. The van der Waals surface area contributed by atoms with Gasteiger partial charge in [-0.1, -0.05) is 26.7 Å². The molecule has 0 radical (unpaired) electrons. The van der Waals surface area contributed by atoms with Crippen LogP contribution in [0.1, 0.15) is 13.8 Å². The first-order valence-electron chi connectivity index (χ1n) is 8.34. The third kappa shape index (κ3) is 2.54. The van der Waals surface area contributed by atoms with E-state index in [1.54, 1.807) is 6.92 Å². The zero-order valence-corrected chi connectivity index (χ0v) is 14.8. The van der Waals surface area contributed by atoms with Crippen LogP contribution in [0.3, 0.4) is 0 Å². The molecular formula is C19H22O7. The third-order valence-corrected chi connectivity index (χ3v) is 5.73. The molecule has 0 aromatic carbocycles. The fourth-order valence-corrected chi connectivity index (χ4v) is 4.20. The van der Waals surface area contributed by atoms with Gasteiger partial charge in [-0.05, 0) is 12.5 Å². The normalized spacial score (nSPS) is 41.0. The van der Waals surface area contributed by atoms with E-state index >= 15 is 0 Å². The average molecular weight is 362 g/mol. The maximum absolute atomic E-state index is 12.2. The van der Waals surface area contributed by atoms with E-state index in [9.17, 15) is 19.5 Å². The minimum absolute atomic E-state index is 0.0935. The Bertz CT molecular complexity index is 719. The lowest BCUT2D eigenvalue weighted by Crippen LogP contribution is -2.63. The number of epoxide rings is 1. The standard InChI is InChI=1S/C19H22O7/c1-8(2)17(22)25-14-12-10(4)18(23)26-15(12)16(21)19(5,11-7-24-11)13(14)9(3)6-20/h6,11-16,21H,1,3-4,7H2,2,5H3. The van der Waals surface area contributed by atoms with Crippen molar-refractivity contribution in [2.24, 2.45) is 17.3 Å². The van der Waals surface area contributed by atoms with Crippen LogP contribution in [0.25, 0.3) is 0 Å². The zero-order chi connectivity index (χ0) is 19.4. The maximum Gasteiger partial charge on any atom is 0.334 e. The van der Waals surface area contributed by atoms with E-state index in [0.29, 0.717) is 12.9 Å². The Morgan fingerprint density at radius 3 is 2.54 bits per heavy atom. The van der Waals surface area contributed by atoms with Crippen molar-refractivity contribution in [3.8, 4) is 0 Å². The largest absolute Gasteiger partial charge is 0.458 e. The molecule has 2 heterocycles. The molecule has 0 amide bonds. The molecule has 0 aromatic heterocycles. The maximum atomic E-state index is 12.2.